The molecule has 0 bridgehead atoms. The molecule has 0 spiro atoms. The summed E-state index contributed by atoms with van der Waals surface area (Å²) in [5, 5.41) is 6.99. The van der Waals surface area contributed by atoms with Gasteiger partial charge >= 0.3 is 0 Å². The Labute approximate surface area is 163 Å². The van der Waals surface area contributed by atoms with Crippen molar-refractivity contribution in [2.24, 2.45) is 5.16 Å². The first-order valence-corrected chi connectivity index (χ1v) is 10.4. The molecular formula is C21H23N3O2S. The first-order valence-electron chi connectivity index (χ1n) is 9.23. The van der Waals surface area contributed by atoms with E-state index in [9.17, 15) is 4.79 Å². The number of nitrogens with zero attached hydrogens (tertiary/aromatic N) is 2. The van der Waals surface area contributed by atoms with Gasteiger partial charge in [0.05, 0.1) is 0 Å². The average Bonchev–Trinajstić information content (AvgIpc) is 3.21. The molecule has 6 heteroatoms. The zero-order chi connectivity index (χ0) is 18.6. The van der Waals surface area contributed by atoms with Crippen LogP contribution in [0.25, 0.3) is 0 Å². The zero-order valence-electron chi connectivity index (χ0n) is 15.4. The third kappa shape index (κ3) is 4.11. The summed E-state index contributed by atoms with van der Waals surface area (Å²) in [7, 11) is 0. The smallest absolute Gasteiger partial charge is 0.273 e. The second kappa shape index (κ2) is 8.05. The number of anilines is 2. The average molecular weight is 382 g/mol. The van der Waals surface area contributed by atoms with Gasteiger partial charge in [-0.15, -0.1) is 0 Å². The van der Waals surface area contributed by atoms with Gasteiger partial charge in [0.25, 0.3) is 5.91 Å². The van der Waals surface area contributed by atoms with Gasteiger partial charge < -0.3 is 15.1 Å². The zero-order valence-corrected chi connectivity index (χ0v) is 16.2. The third-order valence-electron chi connectivity index (χ3n) is 4.94. The molecule has 0 saturated carbocycles. The minimum absolute atomic E-state index is 0.188. The van der Waals surface area contributed by atoms with Crippen LogP contribution in [0.3, 0.4) is 0 Å². The summed E-state index contributed by atoms with van der Waals surface area (Å²) in [6.45, 7) is 4.17. The van der Waals surface area contributed by atoms with E-state index in [4.69, 9.17) is 4.84 Å². The Hall–Kier alpha value is -2.47. The Morgan fingerprint density at radius 1 is 1.19 bits per heavy atom. The number of oxime groups is 1. The lowest BCUT2D eigenvalue weighted by molar-refractivity contribution is -0.110. The predicted octanol–water partition coefficient (Wildman–Crippen LogP) is 4.00. The minimum atomic E-state index is -0.196. The van der Waals surface area contributed by atoms with E-state index in [2.05, 4.69) is 27.5 Å². The number of amides is 1. The van der Waals surface area contributed by atoms with Crippen molar-refractivity contribution in [3.05, 3.63) is 59.7 Å². The predicted molar refractivity (Wildman–Crippen MR) is 112 cm³/mol. The SMILES string of the molecule is Cc1cc(N2CCSCC2)ccc1NC(=O)C1=NOC(c2ccccc2)C1. The first-order chi connectivity index (χ1) is 13.2. The molecule has 2 aromatic rings. The highest BCUT2D eigenvalue weighted by molar-refractivity contribution is 7.99. The van der Waals surface area contributed by atoms with Gasteiger partial charge in [-0.25, -0.2) is 0 Å². The van der Waals surface area contributed by atoms with Crippen molar-refractivity contribution in [2.75, 3.05) is 34.8 Å². The number of nitrogens with one attached hydrogen (secondary N) is 1. The molecule has 2 aliphatic heterocycles. The summed E-state index contributed by atoms with van der Waals surface area (Å²) >= 11 is 2.00. The minimum Gasteiger partial charge on any atom is -0.387 e. The van der Waals surface area contributed by atoms with Crippen LogP contribution in [0.1, 0.15) is 23.7 Å². The Morgan fingerprint density at radius 3 is 2.70 bits per heavy atom. The van der Waals surface area contributed by atoms with Gasteiger partial charge in [0, 0.05) is 42.4 Å². The lowest BCUT2D eigenvalue weighted by Gasteiger charge is -2.29. The number of carbonyl (C=O) groups excluding carboxylic acids is 1. The van der Waals surface area contributed by atoms with Crippen LogP contribution in [0.5, 0.6) is 0 Å². The largest absolute Gasteiger partial charge is 0.387 e. The summed E-state index contributed by atoms with van der Waals surface area (Å²) in [5.41, 5.74) is 4.56. The van der Waals surface area contributed by atoms with E-state index < -0.39 is 0 Å². The van der Waals surface area contributed by atoms with Crippen LogP contribution in [0.2, 0.25) is 0 Å². The summed E-state index contributed by atoms with van der Waals surface area (Å²) < 4.78 is 0. The van der Waals surface area contributed by atoms with Crippen LogP contribution in [-0.4, -0.2) is 36.2 Å². The molecule has 1 N–H and O–H groups in total. The van der Waals surface area contributed by atoms with Crippen molar-refractivity contribution in [3.63, 3.8) is 0 Å². The molecule has 2 heterocycles. The standard InChI is InChI=1S/C21H23N3O2S/c1-15-13-17(24-9-11-27-12-10-24)7-8-18(15)22-21(25)19-14-20(26-23-19)16-5-3-2-4-6-16/h2-8,13,20H,9-12,14H2,1H3,(H,22,25). The van der Waals surface area contributed by atoms with E-state index in [1.807, 2.05) is 55.1 Å². The number of aryl methyl sites for hydroxylation is 1. The maximum atomic E-state index is 12.6. The molecule has 0 aromatic heterocycles. The maximum absolute atomic E-state index is 12.6. The fourth-order valence-electron chi connectivity index (χ4n) is 3.36. The van der Waals surface area contributed by atoms with Crippen LogP contribution in [-0.2, 0) is 9.63 Å². The van der Waals surface area contributed by atoms with Gasteiger partial charge in [0.1, 0.15) is 5.71 Å². The Morgan fingerprint density at radius 2 is 1.96 bits per heavy atom. The summed E-state index contributed by atoms with van der Waals surface area (Å²) in [6, 6.07) is 16.1. The lowest BCUT2D eigenvalue weighted by atomic mass is 10.0. The number of benzene rings is 2. The molecule has 5 nitrogen and oxygen atoms in total. The molecule has 1 atom stereocenters. The van der Waals surface area contributed by atoms with Crippen LogP contribution in [0.15, 0.2) is 53.7 Å². The number of hydrogen-bond acceptors (Lipinski definition) is 5. The number of carbonyl (C=O) groups is 1. The monoisotopic (exact) mass is 381 g/mol. The van der Waals surface area contributed by atoms with Gasteiger partial charge in [0.2, 0.25) is 0 Å². The molecule has 1 amide bonds. The van der Waals surface area contributed by atoms with E-state index in [0.29, 0.717) is 12.1 Å². The quantitative estimate of drug-likeness (QED) is 0.870. The molecule has 2 aromatic carbocycles. The highest BCUT2D eigenvalue weighted by atomic mass is 32.2. The molecule has 4 rings (SSSR count). The van der Waals surface area contributed by atoms with E-state index in [1.165, 1.54) is 17.2 Å². The second-order valence-electron chi connectivity index (χ2n) is 6.80. The van der Waals surface area contributed by atoms with E-state index in [0.717, 1.165) is 29.9 Å². The second-order valence-corrected chi connectivity index (χ2v) is 8.02. The lowest BCUT2D eigenvalue weighted by Crippen LogP contribution is -2.32. The third-order valence-corrected chi connectivity index (χ3v) is 5.88. The van der Waals surface area contributed by atoms with Gasteiger partial charge in [-0.2, -0.15) is 11.8 Å². The van der Waals surface area contributed by atoms with Crippen molar-refractivity contribution in [2.45, 2.75) is 19.4 Å². The molecule has 2 aliphatic rings. The van der Waals surface area contributed by atoms with Crippen molar-refractivity contribution in [1.29, 1.82) is 0 Å². The number of rotatable bonds is 4. The topological polar surface area (TPSA) is 53.9 Å². The van der Waals surface area contributed by atoms with E-state index in [-0.39, 0.29) is 12.0 Å². The van der Waals surface area contributed by atoms with Gasteiger partial charge in [-0.1, -0.05) is 35.5 Å². The number of hydrogen-bond donors (Lipinski definition) is 1. The van der Waals surface area contributed by atoms with Gasteiger partial charge in [-0.3, -0.25) is 4.79 Å². The molecule has 0 radical (unpaired) electrons. The van der Waals surface area contributed by atoms with Gasteiger partial charge in [0.15, 0.2) is 6.10 Å². The molecule has 1 fully saturated rings. The van der Waals surface area contributed by atoms with Crippen molar-refractivity contribution in [1.82, 2.24) is 0 Å². The molecule has 27 heavy (non-hydrogen) atoms. The van der Waals surface area contributed by atoms with Crippen molar-refractivity contribution in [3.8, 4) is 0 Å². The summed E-state index contributed by atoms with van der Waals surface area (Å²) in [5.74, 6) is 2.14. The number of thioether (sulfide) groups is 1. The molecule has 0 aliphatic carbocycles. The fourth-order valence-corrected chi connectivity index (χ4v) is 4.26. The summed E-state index contributed by atoms with van der Waals surface area (Å²) in [6.07, 6.45) is 0.297. The highest BCUT2D eigenvalue weighted by Crippen LogP contribution is 2.28. The Balaban J connectivity index is 1.39. The van der Waals surface area contributed by atoms with Crippen LogP contribution >= 0.6 is 11.8 Å². The summed E-state index contributed by atoms with van der Waals surface area (Å²) in [4.78, 5) is 20.5. The Kier molecular flexibility index (Phi) is 5.34. The maximum Gasteiger partial charge on any atom is 0.273 e. The van der Waals surface area contributed by atoms with Crippen LogP contribution < -0.4 is 10.2 Å². The molecule has 140 valence electrons. The van der Waals surface area contributed by atoms with Gasteiger partial charge in [-0.05, 0) is 36.2 Å². The van der Waals surface area contributed by atoms with Crippen LogP contribution in [0, 0.1) is 6.92 Å². The van der Waals surface area contributed by atoms with Crippen molar-refractivity contribution < 1.29 is 9.63 Å². The molecule has 1 unspecified atom stereocenters. The van der Waals surface area contributed by atoms with E-state index in [1.54, 1.807) is 0 Å². The fraction of sp³-hybridized carbons (Fsp3) is 0.333. The Bertz CT molecular complexity index is 848. The van der Waals surface area contributed by atoms with E-state index >= 15 is 0 Å². The van der Waals surface area contributed by atoms with Crippen molar-refractivity contribution >= 4 is 34.8 Å². The molecular weight excluding hydrogens is 358 g/mol. The first kappa shape index (κ1) is 17.9. The van der Waals surface area contributed by atoms with Crippen LogP contribution in [0.4, 0.5) is 11.4 Å². The normalized spacial score (nSPS) is 19.4. The molecule has 1 saturated heterocycles. The highest BCUT2D eigenvalue weighted by Gasteiger charge is 2.27.